The van der Waals surface area contributed by atoms with Crippen molar-refractivity contribution in [3.8, 4) is 11.8 Å². The first-order valence-electron chi connectivity index (χ1n) is 8.60. The first-order valence-corrected chi connectivity index (χ1v) is 8.60. The van der Waals surface area contributed by atoms with E-state index >= 15 is 0 Å². The summed E-state index contributed by atoms with van der Waals surface area (Å²) < 4.78 is 6.88. The van der Waals surface area contributed by atoms with E-state index in [1.807, 2.05) is 25.1 Å². The molecule has 28 heavy (non-hydrogen) atoms. The van der Waals surface area contributed by atoms with Crippen LogP contribution >= 0.6 is 0 Å². The molecule has 7 heteroatoms. The van der Waals surface area contributed by atoms with E-state index in [-0.39, 0.29) is 6.54 Å². The molecule has 0 aliphatic rings. The normalized spacial score (nSPS) is 10.1. The van der Waals surface area contributed by atoms with Gasteiger partial charge in [-0.05, 0) is 49.4 Å². The van der Waals surface area contributed by atoms with Gasteiger partial charge < -0.3 is 4.74 Å². The lowest BCUT2D eigenvalue weighted by molar-refractivity contribution is -0.121. The lowest BCUT2D eigenvalue weighted by atomic mass is 10.2. The summed E-state index contributed by atoms with van der Waals surface area (Å²) in [5.41, 5.74) is 2.69. The van der Waals surface area contributed by atoms with Gasteiger partial charge in [0.15, 0.2) is 6.61 Å². The average molecular weight is 374 g/mol. The molecule has 3 aromatic rings. The SMILES string of the molecule is Cc1ccnn1-c1ccc(C(=O)OCC(=O)N(CC#N)c2ccccc2)cc1. The third kappa shape index (κ3) is 4.24. The Morgan fingerprint density at radius 2 is 1.82 bits per heavy atom. The molecule has 0 bridgehead atoms. The first-order chi connectivity index (χ1) is 13.6. The minimum absolute atomic E-state index is 0.127. The molecule has 0 unspecified atom stereocenters. The van der Waals surface area contributed by atoms with Crippen LogP contribution in [0.4, 0.5) is 5.69 Å². The Labute approximate surface area is 162 Å². The van der Waals surface area contributed by atoms with E-state index in [1.54, 1.807) is 59.4 Å². The van der Waals surface area contributed by atoms with Crippen LogP contribution in [-0.4, -0.2) is 34.8 Å². The molecule has 0 atom stereocenters. The zero-order chi connectivity index (χ0) is 19.9. The van der Waals surface area contributed by atoms with Crippen LogP contribution in [-0.2, 0) is 9.53 Å². The zero-order valence-corrected chi connectivity index (χ0v) is 15.3. The fraction of sp³-hybridized carbons (Fsp3) is 0.143. The van der Waals surface area contributed by atoms with E-state index in [0.717, 1.165) is 11.4 Å². The van der Waals surface area contributed by atoms with Crippen LogP contribution < -0.4 is 4.90 Å². The number of amides is 1. The highest BCUT2D eigenvalue weighted by Crippen LogP contribution is 2.14. The Hall–Kier alpha value is -3.92. The molecule has 1 heterocycles. The van der Waals surface area contributed by atoms with E-state index in [0.29, 0.717) is 11.3 Å². The number of carbonyl (C=O) groups is 2. The van der Waals surface area contributed by atoms with Gasteiger partial charge in [-0.25, -0.2) is 9.48 Å². The number of ether oxygens (including phenoxy) is 1. The monoisotopic (exact) mass is 374 g/mol. The van der Waals surface area contributed by atoms with Gasteiger partial charge in [-0.15, -0.1) is 0 Å². The first kappa shape index (κ1) is 18.9. The number of benzene rings is 2. The lowest BCUT2D eigenvalue weighted by Crippen LogP contribution is -2.35. The van der Waals surface area contributed by atoms with Crippen molar-refractivity contribution in [2.45, 2.75) is 6.92 Å². The Morgan fingerprint density at radius 3 is 2.43 bits per heavy atom. The highest BCUT2D eigenvalue weighted by Gasteiger charge is 2.18. The van der Waals surface area contributed by atoms with Crippen molar-refractivity contribution < 1.29 is 14.3 Å². The number of para-hydroxylation sites is 1. The van der Waals surface area contributed by atoms with Crippen LogP contribution in [0.5, 0.6) is 0 Å². The molecular weight excluding hydrogens is 356 g/mol. The lowest BCUT2D eigenvalue weighted by Gasteiger charge is -2.19. The molecule has 7 nitrogen and oxygen atoms in total. The van der Waals surface area contributed by atoms with E-state index in [9.17, 15) is 9.59 Å². The van der Waals surface area contributed by atoms with Crippen LogP contribution in [0, 0.1) is 18.3 Å². The number of nitrogens with zero attached hydrogens (tertiary/aromatic N) is 4. The van der Waals surface area contributed by atoms with Crippen molar-refractivity contribution in [1.82, 2.24) is 9.78 Å². The van der Waals surface area contributed by atoms with Gasteiger partial charge in [-0.3, -0.25) is 9.69 Å². The number of aryl methyl sites for hydroxylation is 1. The molecule has 0 aliphatic heterocycles. The molecule has 0 saturated heterocycles. The van der Waals surface area contributed by atoms with E-state index in [2.05, 4.69) is 5.10 Å². The second kappa shape index (κ2) is 8.64. The molecule has 140 valence electrons. The van der Waals surface area contributed by atoms with E-state index in [4.69, 9.17) is 10.00 Å². The van der Waals surface area contributed by atoms with Crippen molar-refractivity contribution >= 4 is 17.6 Å². The van der Waals surface area contributed by atoms with E-state index < -0.39 is 18.5 Å². The number of hydrogen-bond acceptors (Lipinski definition) is 5. The second-order valence-electron chi connectivity index (χ2n) is 5.98. The summed E-state index contributed by atoms with van der Waals surface area (Å²) in [7, 11) is 0. The summed E-state index contributed by atoms with van der Waals surface area (Å²) >= 11 is 0. The smallest absolute Gasteiger partial charge is 0.338 e. The molecule has 1 amide bonds. The molecule has 1 aromatic heterocycles. The van der Waals surface area contributed by atoms with Crippen molar-refractivity contribution in [3.05, 3.63) is 78.1 Å². The number of hydrogen-bond donors (Lipinski definition) is 0. The number of nitriles is 1. The minimum atomic E-state index is -0.609. The van der Waals surface area contributed by atoms with Gasteiger partial charge in [-0.2, -0.15) is 10.4 Å². The number of rotatable bonds is 6. The maximum Gasteiger partial charge on any atom is 0.338 e. The number of aromatic nitrogens is 2. The van der Waals surface area contributed by atoms with Crippen molar-refractivity contribution in [1.29, 1.82) is 5.26 Å². The van der Waals surface area contributed by atoms with Crippen molar-refractivity contribution in [2.75, 3.05) is 18.1 Å². The maximum atomic E-state index is 12.4. The van der Waals surface area contributed by atoms with Crippen LogP contribution in [0.1, 0.15) is 16.1 Å². The van der Waals surface area contributed by atoms with Crippen LogP contribution in [0.15, 0.2) is 66.9 Å². The predicted molar refractivity (Wildman–Crippen MR) is 103 cm³/mol. The van der Waals surface area contributed by atoms with Gasteiger partial charge in [0.25, 0.3) is 5.91 Å². The van der Waals surface area contributed by atoms with Gasteiger partial charge in [0, 0.05) is 17.6 Å². The topological polar surface area (TPSA) is 88.2 Å². The summed E-state index contributed by atoms with van der Waals surface area (Å²) in [6.07, 6.45) is 1.70. The summed E-state index contributed by atoms with van der Waals surface area (Å²) in [4.78, 5) is 25.9. The molecule has 0 fully saturated rings. The van der Waals surface area contributed by atoms with Crippen molar-refractivity contribution in [3.63, 3.8) is 0 Å². The molecular formula is C21H18N4O3. The van der Waals surface area contributed by atoms with Gasteiger partial charge in [0.05, 0.1) is 17.3 Å². The highest BCUT2D eigenvalue weighted by atomic mass is 16.5. The van der Waals surface area contributed by atoms with E-state index in [1.165, 1.54) is 4.90 Å². The summed E-state index contributed by atoms with van der Waals surface area (Å²) in [6.45, 7) is 1.36. The molecule has 0 saturated carbocycles. The summed E-state index contributed by atoms with van der Waals surface area (Å²) in [6, 6.07) is 19.3. The molecule has 0 N–H and O–H groups in total. The molecule has 0 radical (unpaired) electrons. The average Bonchev–Trinajstić information content (AvgIpc) is 3.16. The Bertz CT molecular complexity index is 1000. The number of esters is 1. The maximum absolute atomic E-state index is 12.4. The largest absolute Gasteiger partial charge is 0.452 e. The Kier molecular flexibility index (Phi) is 5.82. The quantitative estimate of drug-likeness (QED) is 0.489. The standard InChI is InChI=1S/C21H18N4O3/c1-16-11-13-23-25(16)19-9-7-17(8-10-19)21(27)28-15-20(26)24(14-12-22)18-5-3-2-4-6-18/h2-11,13H,14-15H2,1H3. The predicted octanol–water partition coefficient (Wildman–Crippen LogP) is 2.89. The summed E-state index contributed by atoms with van der Waals surface area (Å²) in [5.74, 6) is -1.08. The third-order valence-electron chi connectivity index (χ3n) is 4.10. The number of carbonyl (C=O) groups excluding carboxylic acids is 2. The van der Waals surface area contributed by atoms with Crippen LogP contribution in [0.3, 0.4) is 0 Å². The Balaban J connectivity index is 1.64. The second-order valence-corrected chi connectivity index (χ2v) is 5.98. The fourth-order valence-electron chi connectivity index (χ4n) is 2.67. The molecule has 0 aliphatic carbocycles. The van der Waals surface area contributed by atoms with Gasteiger partial charge in [-0.1, -0.05) is 18.2 Å². The number of anilines is 1. The Morgan fingerprint density at radius 1 is 1.11 bits per heavy atom. The minimum Gasteiger partial charge on any atom is -0.452 e. The highest BCUT2D eigenvalue weighted by molar-refractivity contribution is 5.97. The van der Waals surface area contributed by atoms with Gasteiger partial charge in [0.2, 0.25) is 0 Å². The van der Waals surface area contributed by atoms with Gasteiger partial charge >= 0.3 is 5.97 Å². The molecule has 3 rings (SSSR count). The van der Waals surface area contributed by atoms with Crippen molar-refractivity contribution in [2.24, 2.45) is 0 Å². The fourth-order valence-corrected chi connectivity index (χ4v) is 2.67. The third-order valence-corrected chi connectivity index (χ3v) is 4.10. The van der Waals surface area contributed by atoms with Crippen LogP contribution in [0.25, 0.3) is 5.69 Å². The summed E-state index contributed by atoms with van der Waals surface area (Å²) in [5, 5.41) is 13.2. The van der Waals surface area contributed by atoms with Crippen LogP contribution in [0.2, 0.25) is 0 Å². The molecule has 0 spiro atoms. The zero-order valence-electron chi connectivity index (χ0n) is 15.3. The molecule has 2 aromatic carbocycles. The van der Waals surface area contributed by atoms with Gasteiger partial charge in [0.1, 0.15) is 6.54 Å².